The van der Waals surface area contributed by atoms with Gasteiger partial charge in [-0.25, -0.2) is 0 Å². The van der Waals surface area contributed by atoms with Crippen molar-refractivity contribution >= 4 is 5.78 Å². The average Bonchev–Trinajstić information content (AvgIpc) is 3.15. The Kier molecular flexibility index (Phi) is 3.56. The van der Waals surface area contributed by atoms with Crippen molar-refractivity contribution in [1.29, 1.82) is 5.26 Å². The Morgan fingerprint density at radius 1 is 1.33 bits per heavy atom. The number of halogens is 2. The minimum Gasteiger partial charge on any atom is -0.435 e. The fourth-order valence-electron chi connectivity index (χ4n) is 1.75. The third-order valence-electron chi connectivity index (χ3n) is 2.83. The molecule has 0 aliphatic heterocycles. The van der Waals surface area contributed by atoms with Gasteiger partial charge in [0, 0.05) is 5.92 Å². The predicted molar refractivity (Wildman–Crippen MR) is 59.2 cm³/mol. The Balaban J connectivity index is 2.12. The van der Waals surface area contributed by atoms with E-state index in [9.17, 15) is 13.6 Å². The van der Waals surface area contributed by atoms with Gasteiger partial charge in [-0.05, 0) is 30.5 Å². The van der Waals surface area contributed by atoms with Crippen LogP contribution in [0.5, 0.6) is 5.75 Å². The fourth-order valence-corrected chi connectivity index (χ4v) is 1.75. The molecule has 1 unspecified atom stereocenters. The van der Waals surface area contributed by atoms with Crippen molar-refractivity contribution in [2.45, 2.75) is 25.4 Å². The highest BCUT2D eigenvalue weighted by Crippen LogP contribution is 2.35. The van der Waals surface area contributed by atoms with Crippen LogP contribution >= 0.6 is 0 Å². The van der Waals surface area contributed by atoms with Crippen molar-refractivity contribution in [2.75, 3.05) is 0 Å². The summed E-state index contributed by atoms with van der Waals surface area (Å²) in [6.45, 7) is -2.88. The van der Waals surface area contributed by atoms with E-state index in [0.717, 1.165) is 12.8 Å². The Morgan fingerprint density at radius 2 is 1.94 bits per heavy atom. The molecule has 0 amide bonds. The second-order valence-corrected chi connectivity index (χ2v) is 4.19. The Labute approximate surface area is 103 Å². The molecule has 0 spiro atoms. The first kappa shape index (κ1) is 12.5. The largest absolute Gasteiger partial charge is 0.435 e. The number of carbonyl (C=O) groups is 1. The lowest BCUT2D eigenvalue weighted by molar-refractivity contribution is -0.120. The standard InChI is InChI=1S/C13H11F2NO2/c14-13(15)18-10-5-3-8(4-6-10)11(7-16)12(17)9-1-2-9/h3-6,9,11,13H,1-2H2. The third kappa shape index (κ3) is 2.83. The van der Waals surface area contributed by atoms with Gasteiger partial charge < -0.3 is 4.74 Å². The summed E-state index contributed by atoms with van der Waals surface area (Å²) in [5.41, 5.74) is 0.524. The molecule has 1 aliphatic carbocycles. The molecule has 0 radical (unpaired) electrons. The molecule has 0 aromatic heterocycles. The zero-order valence-corrected chi connectivity index (χ0v) is 9.48. The van der Waals surface area contributed by atoms with Crippen molar-refractivity contribution in [3.63, 3.8) is 0 Å². The molecular formula is C13H11F2NO2. The zero-order chi connectivity index (χ0) is 13.1. The summed E-state index contributed by atoms with van der Waals surface area (Å²) in [6.07, 6.45) is 1.67. The first-order valence-electron chi connectivity index (χ1n) is 5.60. The second-order valence-electron chi connectivity index (χ2n) is 4.19. The number of rotatable bonds is 5. The monoisotopic (exact) mass is 251 g/mol. The third-order valence-corrected chi connectivity index (χ3v) is 2.83. The number of nitrogens with zero attached hydrogens (tertiary/aromatic N) is 1. The lowest BCUT2D eigenvalue weighted by atomic mass is 9.93. The van der Waals surface area contributed by atoms with Crippen LogP contribution in [0.3, 0.4) is 0 Å². The van der Waals surface area contributed by atoms with Gasteiger partial charge in [-0.1, -0.05) is 12.1 Å². The molecule has 94 valence electrons. The van der Waals surface area contributed by atoms with Crippen LogP contribution in [0.25, 0.3) is 0 Å². The molecule has 1 aromatic rings. The van der Waals surface area contributed by atoms with Crippen LogP contribution in [-0.2, 0) is 4.79 Å². The molecule has 0 bridgehead atoms. The van der Waals surface area contributed by atoms with Gasteiger partial charge in [-0.3, -0.25) is 4.79 Å². The van der Waals surface area contributed by atoms with E-state index >= 15 is 0 Å². The molecule has 3 nitrogen and oxygen atoms in total. The first-order chi connectivity index (χ1) is 8.61. The minimum atomic E-state index is -2.88. The van der Waals surface area contributed by atoms with E-state index in [0.29, 0.717) is 5.56 Å². The molecule has 1 atom stereocenters. The van der Waals surface area contributed by atoms with E-state index in [1.807, 2.05) is 6.07 Å². The smallest absolute Gasteiger partial charge is 0.387 e. The summed E-state index contributed by atoms with van der Waals surface area (Å²) in [6, 6.07) is 7.60. The SMILES string of the molecule is N#CC(C(=O)C1CC1)c1ccc(OC(F)F)cc1. The Bertz CT molecular complexity index is 475. The van der Waals surface area contributed by atoms with Crippen LogP contribution in [0.2, 0.25) is 0 Å². The van der Waals surface area contributed by atoms with Crippen LogP contribution in [0.1, 0.15) is 24.3 Å². The van der Waals surface area contributed by atoms with E-state index in [4.69, 9.17) is 5.26 Å². The summed E-state index contributed by atoms with van der Waals surface area (Å²) in [5.74, 6) is -0.880. The second kappa shape index (κ2) is 5.13. The number of hydrogen-bond acceptors (Lipinski definition) is 3. The topological polar surface area (TPSA) is 50.1 Å². The van der Waals surface area contributed by atoms with Gasteiger partial charge in [0.2, 0.25) is 0 Å². The number of ketones is 1. The molecule has 0 heterocycles. The highest BCUT2D eigenvalue weighted by atomic mass is 19.3. The minimum absolute atomic E-state index is 0.00774. The van der Waals surface area contributed by atoms with Crippen LogP contribution in [0.4, 0.5) is 8.78 Å². The maximum absolute atomic E-state index is 12.0. The normalized spacial score (nSPS) is 16.1. The summed E-state index contributed by atoms with van der Waals surface area (Å²) in [7, 11) is 0. The predicted octanol–water partition coefficient (Wildman–Crippen LogP) is 2.87. The van der Waals surface area contributed by atoms with E-state index in [1.54, 1.807) is 0 Å². The van der Waals surface area contributed by atoms with Crippen molar-refractivity contribution in [2.24, 2.45) is 5.92 Å². The molecule has 0 saturated heterocycles. The average molecular weight is 251 g/mol. The van der Waals surface area contributed by atoms with Crippen molar-refractivity contribution in [3.05, 3.63) is 29.8 Å². The lowest BCUT2D eigenvalue weighted by Gasteiger charge is -2.09. The van der Waals surface area contributed by atoms with Crippen LogP contribution in [0, 0.1) is 17.2 Å². The number of benzene rings is 1. The van der Waals surface area contributed by atoms with E-state index < -0.39 is 12.5 Å². The summed E-state index contributed by atoms with van der Waals surface area (Å²) in [4.78, 5) is 11.8. The van der Waals surface area contributed by atoms with Crippen molar-refractivity contribution in [3.8, 4) is 11.8 Å². The van der Waals surface area contributed by atoms with Gasteiger partial charge in [-0.15, -0.1) is 0 Å². The van der Waals surface area contributed by atoms with Gasteiger partial charge in [0.15, 0.2) is 5.78 Å². The van der Waals surface area contributed by atoms with Gasteiger partial charge in [-0.2, -0.15) is 14.0 Å². The number of ether oxygens (including phenoxy) is 1. The van der Waals surface area contributed by atoms with Crippen LogP contribution in [-0.4, -0.2) is 12.4 Å². The number of Topliss-reactive ketones (excluding diaryl/α,β-unsaturated/α-hetero) is 1. The molecular weight excluding hydrogens is 240 g/mol. The van der Waals surface area contributed by atoms with Crippen LogP contribution in [0.15, 0.2) is 24.3 Å². The van der Waals surface area contributed by atoms with E-state index in [2.05, 4.69) is 4.74 Å². The van der Waals surface area contributed by atoms with Crippen molar-refractivity contribution in [1.82, 2.24) is 0 Å². The van der Waals surface area contributed by atoms with Gasteiger partial charge in [0.1, 0.15) is 11.7 Å². The summed E-state index contributed by atoms with van der Waals surface area (Å²) >= 11 is 0. The molecule has 1 saturated carbocycles. The molecule has 2 rings (SSSR count). The zero-order valence-electron chi connectivity index (χ0n) is 9.48. The highest BCUT2D eigenvalue weighted by molar-refractivity contribution is 5.92. The first-order valence-corrected chi connectivity index (χ1v) is 5.60. The highest BCUT2D eigenvalue weighted by Gasteiger charge is 2.35. The van der Waals surface area contributed by atoms with Crippen molar-refractivity contribution < 1.29 is 18.3 Å². The van der Waals surface area contributed by atoms with E-state index in [1.165, 1.54) is 24.3 Å². The Morgan fingerprint density at radius 3 is 2.39 bits per heavy atom. The van der Waals surface area contributed by atoms with E-state index in [-0.39, 0.29) is 17.5 Å². The fraction of sp³-hybridized carbons (Fsp3) is 0.385. The summed E-state index contributed by atoms with van der Waals surface area (Å²) < 4.78 is 28.1. The number of alkyl halides is 2. The number of nitriles is 1. The molecule has 1 aliphatic rings. The molecule has 5 heteroatoms. The summed E-state index contributed by atoms with van der Waals surface area (Å²) in [5, 5.41) is 9.02. The van der Waals surface area contributed by atoms with Gasteiger partial charge in [0.05, 0.1) is 6.07 Å². The maximum Gasteiger partial charge on any atom is 0.387 e. The maximum atomic E-state index is 12.0. The molecule has 0 N–H and O–H groups in total. The molecule has 18 heavy (non-hydrogen) atoms. The number of carbonyl (C=O) groups excluding carboxylic acids is 1. The number of hydrogen-bond donors (Lipinski definition) is 0. The quantitative estimate of drug-likeness (QED) is 0.808. The Hall–Kier alpha value is -1.96. The van der Waals surface area contributed by atoms with Crippen LogP contribution < -0.4 is 4.74 Å². The van der Waals surface area contributed by atoms with Gasteiger partial charge >= 0.3 is 6.61 Å². The lowest BCUT2D eigenvalue weighted by Crippen LogP contribution is -2.12. The molecule has 1 aromatic carbocycles. The van der Waals surface area contributed by atoms with Gasteiger partial charge in [0.25, 0.3) is 0 Å². The molecule has 1 fully saturated rings.